The van der Waals surface area contributed by atoms with E-state index < -0.39 is 0 Å². The maximum Gasteiger partial charge on any atom is 0.177 e. The van der Waals surface area contributed by atoms with Gasteiger partial charge in [-0.1, -0.05) is 51.0 Å². The van der Waals surface area contributed by atoms with Gasteiger partial charge in [0.25, 0.3) is 0 Å². The molecule has 0 spiro atoms. The molecule has 6 aromatic heterocycles. The Bertz CT molecular complexity index is 2270. The van der Waals surface area contributed by atoms with Crippen molar-refractivity contribution in [2.75, 3.05) is 11.5 Å². The predicted molar refractivity (Wildman–Crippen MR) is 206 cm³/mol. The SMILES string of the molecule is CCCCn1c(Sc2nc3cccc(C)c3s2)nc2c(N)ncnc21.CCCCn1c(Sc2nc3cccc(C)c3s2)nc2c(N)ncnc21. The smallest absolute Gasteiger partial charge is 0.177 e. The summed E-state index contributed by atoms with van der Waals surface area (Å²) >= 11 is 6.53. The normalized spacial score (nSPS) is 11.6. The van der Waals surface area contributed by atoms with Crippen LogP contribution in [0.2, 0.25) is 0 Å². The number of hydrogen-bond acceptors (Lipinski definition) is 14. The van der Waals surface area contributed by atoms with Crippen molar-refractivity contribution in [1.29, 1.82) is 0 Å². The van der Waals surface area contributed by atoms with Gasteiger partial charge in [-0.05, 0) is 73.5 Å². The molecule has 50 heavy (non-hydrogen) atoms. The number of unbranched alkanes of at least 4 members (excludes halogenated alkanes) is 2. The lowest BCUT2D eigenvalue weighted by Crippen LogP contribution is -2.01. The van der Waals surface area contributed by atoms with Crippen LogP contribution in [0.25, 0.3) is 42.8 Å². The quantitative estimate of drug-likeness (QED) is 0.137. The largest absolute Gasteiger partial charge is 0.382 e. The highest BCUT2D eigenvalue weighted by Crippen LogP contribution is 2.38. The number of nitrogen functional groups attached to an aromatic ring is 2. The Morgan fingerprint density at radius 2 is 1.06 bits per heavy atom. The Kier molecular flexibility index (Phi) is 10.1. The minimum absolute atomic E-state index is 0.419. The molecule has 0 fully saturated rings. The molecular formula is C34H36N12S4. The van der Waals surface area contributed by atoms with E-state index in [-0.39, 0.29) is 0 Å². The third kappa shape index (κ3) is 6.84. The van der Waals surface area contributed by atoms with Gasteiger partial charge in [0, 0.05) is 13.1 Å². The molecule has 8 aromatic rings. The van der Waals surface area contributed by atoms with Crippen LogP contribution in [0, 0.1) is 13.8 Å². The van der Waals surface area contributed by atoms with E-state index >= 15 is 0 Å². The number of anilines is 2. The molecule has 0 unspecified atom stereocenters. The summed E-state index contributed by atoms with van der Waals surface area (Å²) in [6.45, 7) is 10.3. The van der Waals surface area contributed by atoms with E-state index in [0.29, 0.717) is 22.7 Å². The molecular weight excluding hydrogens is 705 g/mol. The maximum atomic E-state index is 5.99. The van der Waals surface area contributed by atoms with Crippen LogP contribution >= 0.6 is 46.2 Å². The summed E-state index contributed by atoms with van der Waals surface area (Å²) in [6.07, 6.45) is 7.31. The highest BCUT2D eigenvalue weighted by Gasteiger charge is 2.19. The van der Waals surface area contributed by atoms with Gasteiger partial charge in [-0.3, -0.25) is 0 Å². The van der Waals surface area contributed by atoms with E-state index in [1.807, 2.05) is 24.3 Å². The Balaban J connectivity index is 0.000000157. The third-order valence-corrected chi connectivity index (χ3v) is 12.6. The number of imidazole rings is 2. The highest BCUT2D eigenvalue weighted by molar-refractivity contribution is 8.01. The van der Waals surface area contributed by atoms with Crippen LogP contribution in [0.15, 0.2) is 68.0 Å². The number of nitrogens with zero attached hydrogens (tertiary/aromatic N) is 10. The lowest BCUT2D eigenvalue weighted by Gasteiger charge is -2.05. The van der Waals surface area contributed by atoms with Crippen LogP contribution in [-0.4, -0.2) is 49.0 Å². The summed E-state index contributed by atoms with van der Waals surface area (Å²) < 4.78 is 8.65. The third-order valence-electron chi connectivity index (χ3n) is 8.06. The van der Waals surface area contributed by atoms with Gasteiger partial charge < -0.3 is 20.6 Å². The lowest BCUT2D eigenvalue weighted by molar-refractivity contribution is 0.598. The first-order valence-electron chi connectivity index (χ1n) is 16.4. The summed E-state index contributed by atoms with van der Waals surface area (Å²) in [7, 11) is 0. The van der Waals surface area contributed by atoms with Crippen molar-refractivity contribution < 1.29 is 0 Å². The van der Waals surface area contributed by atoms with Crippen LogP contribution in [0.3, 0.4) is 0 Å². The summed E-state index contributed by atoms with van der Waals surface area (Å²) in [5.74, 6) is 0.837. The van der Waals surface area contributed by atoms with Crippen molar-refractivity contribution in [3.63, 3.8) is 0 Å². The molecule has 2 aromatic carbocycles. The number of hydrogen-bond donors (Lipinski definition) is 2. The zero-order chi connectivity index (χ0) is 34.8. The van der Waals surface area contributed by atoms with Gasteiger partial charge in [0.05, 0.1) is 20.4 Å². The van der Waals surface area contributed by atoms with E-state index in [0.717, 1.165) is 80.1 Å². The molecule has 0 aliphatic rings. The Morgan fingerprint density at radius 1 is 0.620 bits per heavy atom. The first-order chi connectivity index (χ1) is 24.3. The Labute approximate surface area is 305 Å². The summed E-state index contributed by atoms with van der Waals surface area (Å²) in [6, 6.07) is 12.4. The second kappa shape index (κ2) is 14.8. The number of rotatable bonds is 10. The van der Waals surface area contributed by atoms with Crippen LogP contribution in [-0.2, 0) is 13.1 Å². The van der Waals surface area contributed by atoms with Crippen molar-refractivity contribution in [1.82, 2.24) is 49.0 Å². The lowest BCUT2D eigenvalue weighted by atomic mass is 10.2. The average Bonchev–Trinajstić information content (AvgIpc) is 3.88. The van der Waals surface area contributed by atoms with E-state index in [2.05, 4.69) is 68.9 Å². The summed E-state index contributed by atoms with van der Waals surface area (Å²) in [5, 5.41) is 1.74. The van der Waals surface area contributed by atoms with Crippen molar-refractivity contribution in [2.24, 2.45) is 0 Å². The summed E-state index contributed by atoms with van der Waals surface area (Å²) in [5.41, 5.74) is 19.5. The molecule has 12 nitrogen and oxygen atoms in total. The van der Waals surface area contributed by atoms with Gasteiger partial charge in [0.1, 0.15) is 12.7 Å². The first kappa shape index (κ1) is 34.1. The molecule has 8 rings (SSSR count). The molecule has 0 radical (unpaired) electrons. The van der Waals surface area contributed by atoms with Crippen molar-refractivity contribution in [2.45, 2.75) is 85.5 Å². The molecule has 0 atom stereocenters. The fourth-order valence-electron chi connectivity index (χ4n) is 5.44. The summed E-state index contributed by atoms with van der Waals surface area (Å²) in [4.78, 5) is 35.8. The van der Waals surface area contributed by atoms with E-state index in [9.17, 15) is 0 Å². The topological polar surface area (TPSA) is 165 Å². The molecule has 4 N–H and O–H groups in total. The zero-order valence-corrected chi connectivity index (χ0v) is 31.4. The second-order valence-electron chi connectivity index (χ2n) is 11.7. The van der Waals surface area contributed by atoms with Gasteiger partial charge in [0.2, 0.25) is 0 Å². The molecule has 6 heterocycles. The number of benzene rings is 2. The van der Waals surface area contributed by atoms with Gasteiger partial charge in [-0.2, -0.15) is 0 Å². The average molecular weight is 741 g/mol. The minimum atomic E-state index is 0.419. The Morgan fingerprint density at radius 3 is 1.46 bits per heavy atom. The van der Waals surface area contributed by atoms with Crippen LogP contribution in [0.5, 0.6) is 0 Å². The van der Waals surface area contributed by atoms with Crippen LogP contribution < -0.4 is 11.5 Å². The molecule has 0 aliphatic carbocycles. The number of fused-ring (bicyclic) bond motifs is 4. The second-order valence-corrected chi connectivity index (χ2v) is 16.1. The molecule has 0 saturated carbocycles. The van der Waals surface area contributed by atoms with Gasteiger partial charge >= 0.3 is 0 Å². The molecule has 0 bridgehead atoms. The van der Waals surface area contributed by atoms with Crippen molar-refractivity contribution in [3.05, 3.63) is 60.2 Å². The molecule has 256 valence electrons. The number of aromatic nitrogens is 10. The fourth-order valence-corrected chi connectivity index (χ4v) is 9.70. The number of aryl methyl sites for hydroxylation is 4. The molecule has 0 amide bonds. The van der Waals surface area contributed by atoms with E-state index in [4.69, 9.17) is 31.4 Å². The molecule has 0 aliphatic heterocycles. The number of nitrogens with two attached hydrogens (primary N) is 2. The maximum absolute atomic E-state index is 5.99. The van der Waals surface area contributed by atoms with E-state index in [1.165, 1.54) is 33.2 Å². The molecule has 0 saturated heterocycles. The highest BCUT2D eigenvalue weighted by atomic mass is 32.2. The van der Waals surface area contributed by atoms with Crippen LogP contribution in [0.1, 0.15) is 50.7 Å². The predicted octanol–water partition coefficient (Wildman–Crippen LogP) is 8.56. The van der Waals surface area contributed by atoms with Gasteiger partial charge in [-0.15, -0.1) is 22.7 Å². The van der Waals surface area contributed by atoms with Gasteiger partial charge in [0.15, 0.2) is 53.0 Å². The molecule has 16 heteroatoms. The fraction of sp³-hybridized carbons (Fsp3) is 0.294. The van der Waals surface area contributed by atoms with Crippen molar-refractivity contribution >= 4 is 101 Å². The minimum Gasteiger partial charge on any atom is -0.382 e. The standard InChI is InChI=1S/2C17H18N6S2/c2*1-3-4-8-23-15-12(14(18)19-9-20-15)22-16(23)25-17-21-11-7-5-6-10(2)13(11)24-17/h2*5-7,9H,3-4,8H2,1-2H3,(H2,18,19,20). The number of thiazole rings is 2. The van der Waals surface area contributed by atoms with Gasteiger partial charge in [-0.25, -0.2) is 39.9 Å². The Hall–Kier alpha value is -4.38. The first-order valence-corrected chi connectivity index (χ1v) is 19.6. The van der Waals surface area contributed by atoms with E-state index in [1.54, 1.807) is 46.2 Å². The van der Waals surface area contributed by atoms with Crippen molar-refractivity contribution in [3.8, 4) is 0 Å². The monoisotopic (exact) mass is 740 g/mol. The van der Waals surface area contributed by atoms with Crippen LogP contribution in [0.4, 0.5) is 11.6 Å². The zero-order valence-electron chi connectivity index (χ0n) is 28.1.